The summed E-state index contributed by atoms with van der Waals surface area (Å²) in [4.78, 5) is 6.33. The minimum atomic E-state index is 1.03. The van der Waals surface area contributed by atoms with Gasteiger partial charge in [-0.3, -0.25) is 4.90 Å². The van der Waals surface area contributed by atoms with Gasteiger partial charge < -0.3 is 10.2 Å². The van der Waals surface area contributed by atoms with E-state index in [2.05, 4.69) is 60.1 Å². The summed E-state index contributed by atoms with van der Waals surface area (Å²) in [6.07, 6.45) is 0. The van der Waals surface area contributed by atoms with Gasteiger partial charge in [0.1, 0.15) is 0 Å². The van der Waals surface area contributed by atoms with E-state index in [1.54, 1.807) is 0 Å². The Labute approximate surface area is 130 Å². The summed E-state index contributed by atoms with van der Waals surface area (Å²) in [6, 6.07) is 2.20. The molecule has 1 aliphatic rings. The Morgan fingerprint density at radius 3 is 2.72 bits per heavy atom. The zero-order valence-electron chi connectivity index (χ0n) is 10.6. The van der Waals surface area contributed by atoms with Crippen LogP contribution in [0.15, 0.2) is 14.3 Å². The van der Waals surface area contributed by atoms with Crippen LogP contribution in [0.5, 0.6) is 0 Å². The second-order valence-electron chi connectivity index (χ2n) is 4.66. The summed E-state index contributed by atoms with van der Waals surface area (Å²) in [6.45, 7) is 7.97. The molecule has 2 heterocycles. The van der Waals surface area contributed by atoms with E-state index >= 15 is 0 Å². The molecule has 0 aromatic carbocycles. The van der Waals surface area contributed by atoms with Crippen molar-refractivity contribution in [1.29, 1.82) is 0 Å². The van der Waals surface area contributed by atoms with Gasteiger partial charge in [-0.1, -0.05) is 0 Å². The largest absolute Gasteiger partial charge is 0.314 e. The molecule has 0 aliphatic carbocycles. The second kappa shape index (κ2) is 7.36. The van der Waals surface area contributed by atoms with Crippen LogP contribution in [0.3, 0.4) is 0 Å². The number of piperazine rings is 1. The van der Waals surface area contributed by atoms with Crippen LogP contribution in [0.1, 0.15) is 4.88 Å². The number of nitrogens with zero attached hydrogens (tertiary/aromatic N) is 2. The van der Waals surface area contributed by atoms with Crippen molar-refractivity contribution in [3.8, 4) is 0 Å². The van der Waals surface area contributed by atoms with Gasteiger partial charge in [0.25, 0.3) is 0 Å². The smallest absolute Gasteiger partial charge is 0.0843 e. The fourth-order valence-corrected chi connectivity index (χ4v) is 4.32. The molecular formula is C12H19Br2N3S. The zero-order valence-corrected chi connectivity index (χ0v) is 14.6. The summed E-state index contributed by atoms with van der Waals surface area (Å²) in [5.74, 6) is 0. The van der Waals surface area contributed by atoms with Crippen molar-refractivity contribution in [3.63, 3.8) is 0 Å². The second-order valence-corrected chi connectivity index (χ2v) is 7.97. The Balaban J connectivity index is 1.72. The summed E-state index contributed by atoms with van der Waals surface area (Å²) in [5, 5.41) is 3.39. The van der Waals surface area contributed by atoms with Crippen molar-refractivity contribution in [2.24, 2.45) is 0 Å². The van der Waals surface area contributed by atoms with E-state index in [0.29, 0.717) is 0 Å². The highest BCUT2D eigenvalue weighted by atomic mass is 79.9. The van der Waals surface area contributed by atoms with Crippen LogP contribution in [0, 0.1) is 0 Å². The third-order valence-corrected chi connectivity index (χ3v) is 6.37. The molecule has 1 N–H and O–H groups in total. The van der Waals surface area contributed by atoms with Crippen LogP contribution in [-0.2, 0) is 6.54 Å². The SMILES string of the molecule is CN(CCN1CCNCC1)Cc1cc(Br)c(Br)s1. The van der Waals surface area contributed by atoms with Gasteiger partial charge >= 0.3 is 0 Å². The molecule has 0 amide bonds. The van der Waals surface area contributed by atoms with Crippen LogP contribution in [0.4, 0.5) is 0 Å². The molecular weight excluding hydrogens is 378 g/mol. The molecule has 0 saturated carbocycles. The lowest BCUT2D eigenvalue weighted by Gasteiger charge is -2.28. The van der Waals surface area contributed by atoms with E-state index < -0.39 is 0 Å². The molecule has 0 spiro atoms. The van der Waals surface area contributed by atoms with Gasteiger partial charge in [-0.25, -0.2) is 0 Å². The first kappa shape index (κ1) is 14.9. The van der Waals surface area contributed by atoms with Crippen LogP contribution < -0.4 is 5.32 Å². The molecule has 1 fully saturated rings. The fourth-order valence-electron chi connectivity index (χ4n) is 2.06. The molecule has 2 rings (SSSR count). The van der Waals surface area contributed by atoms with Gasteiger partial charge in [-0.05, 0) is 45.0 Å². The van der Waals surface area contributed by atoms with Crippen molar-refractivity contribution >= 4 is 43.2 Å². The van der Waals surface area contributed by atoms with Crippen LogP contribution in [0.2, 0.25) is 0 Å². The molecule has 18 heavy (non-hydrogen) atoms. The molecule has 1 aliphatic heterocycles. The molecule has 0 bridgehead atoms. The van der Waals surface area contributed by atoms with Crippen LogP contribution >= 0.6 is 43.2 Å². The van der Waals surface area contributed by atoms with Crippen molar-refractivity contribution in [2.45, 2.75) is 6.54 Å². The number of nitrogens with one attached hydrogen (secondary N) is 1. The fraction of sp³-hybridized carbons (Fsp3) is 0.667. The quantitative estimate of drug-likeness (QED) is 0.825. The van der Waals surface area contributed by atoms with E-state index in [4.69, 9.17) is 0 Å². The zero-order chi connectivity index (χ0) is 13.0. The average Bonchev–Trinajstić information content (AvgIpc) is 2.67. The Morgan fingerprint density at radius 1 is 1.39 bits per heavy atom. The van der Waals surface area contributed by atoms with Gasteiger partial charge in [0, 0.05) is 55.2 Å². The minimum Gasteiger partial charge on any atom is -0.314 e. The Bertz CT molecular complexity index is 358. The highest BCUT2D eigenvalue weighted by Gasteiger charge is 2.11. The Kier molecular flexibility index (Phi) is 6.11. The highest BCUT2D eigenvalue weighted by molar-refractivity contribution is 9.13. The highest BCUT2D eigenvalue weighted by Crippen LogP contribution is 2.32. The van der Waals surface area contributed by atoms with Crippen molar-refractivity contribution in [3.05, 3.63) is 19.2 Å². The number of thiophene rings is 1. The lowest BCUT2D eigenvalue weighted by molar-refractivity contribution is 0.203. The summed E-state index contributed by atoms with van der Waals surface area (Å²) in [5.41, 5.74) is 0. The summed E-state index contributed by atoms with van der Waals surface area (Å²) < 4.78 is 2.35. The molecule has 6 heteroatoms. The number of hydrogen-bond donors (Lipinski definition) is 1. The first-order valence-electron chi connectivity index (χ1n) is 6.20. The molecule has 102 valence electrons. The van der Waals surface area contributed by atoms with E-state index in [-0.39, 0.29) is 0 Å². The van der Waals surface area contributed by atoms with Gasteiger partial charge in [-0.2, -0.15) is 0 Å². The van der Waals surface area contributed by atoms with Crippen molar-refractivity contribution in [1.82, 2.24) is 15.1 Å². The molecule has 1 saturated heterocycles. The lowest BCUT2D eigenvalue weighted by Crippen LogP contribution is -2.45. The monoisotopic (exact) mass is 395 g/mol. The minimum absolute atomic E-state index is 1.03. The number of halogens is 2. The van der Waals surface area contributed by atoms with Gasteiger partial charge in [-0.15, -0.1) is 11.3 Å². The number of likely N-dealkylation sites (N-methyl/N-ethyl adjacent to an activating group) is 1. The molecule has 1 aromatic rings. The maximum Gasteiger partial charge on any atom is 0.0843 e. The maximum absolute atomic E-state index is 3.55. The van der Waals surface area contributed by atoms with Crippen LogP contribution in [-0.4, -0.2) is 56.1 Å². The first-order chi connectivity index (χ1) is 8.65. The third-order valence-electron chi connectivity index (χ3n) is 3.13. The predicted molar refractivity (Wildman–Crippen MR) is 85.4 cm³/mol. The standard InChI is InChI=1S/C12H19Br2N3S/c1-16(6-7-17-4-2-15-3-5-17)9-10-8-11(13)12(14)18-10/h8,15H,2-7,9H2,1H3. The normalized spacial score (nSPS) is 17.6. The Hall–Kier alpha value is 0.540. The van der Waals surface area contributed by atoms with E-state index in [9.17, 15) is 0 Å². The topological polar surface area (TPSA) is 18.5 Å². The molecule has 0 unspecified atom stereocenters. The van der Waals surface area contributed by atoms with E-state index in [1.165, 1.54) is 28.3 Å². The molecule has 0 atom stereocenters. The number of rotatable bonds is 5. The molecule has 1 aromatic heterocycles. The maximum atomic E-state index is 3.55. The van der Waals surface area contributed by atoms with Gasteiger partial charge in [0.15, 0.2) is 0 Å². The summed E-state index contributed by atoms with van der Waals surface area (Å²) in [7, 11) is 2.20. The third kappa shape index (κ3) is 4.58. The van der Waals surface area contributed by atoms with Crippen LogP contribution in [0.25, 0.3) is 0 Å². The summed E-state index contributed by atoms with van der Waals surface area (Å²) >= 11 is 8.89. The van der Waals surface area contributed by atoms with Gasteiger partial charge in [0.2, 0.25) is 0 Å². The van der Waals surface area contributed by atoms with Crippen molar-refractivity contribution < 1.29 is 0 Å². The van der Waals surface area contributed by atoms with E-state index in [1.807, 2.05) is 11.3 Å². The Morgan fingerprint density at radius 2 is 2.11 bits per heavy atom. The molecule has 0 radical (unpaired) electrons. The lowest BCUT2D eigenvalue weighted by atomic mass is 10.3. The first-order valence-corrected chi connectivity index (χ1v) is 8.61. The van der Waals surface area contributed by atoms with Crippen molar-refractivity contribution in [2.75, 3.05) is 46.3 Å². The van der Waals surface area contributed by atoms with Gasteiger partial charge in [0.05, 0.1) is 3.79 Å². The van der Waals surface area contributed by atoms with E-state index in [0.717, 1.165) is 30.7 Å². The predicted octanol–water partition coefficient (Wildman–Crippen LogP) is 2.61. The number of hydrogen-bond acceptors (Lipinski definition) is 4. The average molecular weight is 397 g/mol. The molecule has 3 nitrogen and oxygen atoms in total.